The molecule has 0 aliphatic rings. The molecule has 0 aliphatic carbocycles. The Hall–Kier alpha value is 1.00. The van der Waals surface area contributed by atoms with E-state index in [9.17, 15) is 0 Å². The first-order valence-electron chi connectivity index (χ1n) is 3.95. The van der Waals surface area contributed by atoms with E-state index in [1.54, 1.807) is 0 Å². The largest absolute Gasteiger partial charge is 0.381 e. The van der Waals surface area contributed by atoms with E-state index in [2.05, 4.69) is 83.9 Å². The van der Waals surface area contributed by atoms with Gasteiger partial charge in [-0.2, -0.15) is 0 Å². The van der Waals surface area contributed by atoms with E-state index >= 15 is 0 Å². The Kier molecular flexibility index (Phi) is 11.1. The van der Waals surface area contributed by atoms with Crippen molar-refractivity contribution in [2.75, 3.05) is 14.1 Å². The normalized spacial score (nSPS) is 11.8. The van der Waals surface area contributed by atoms with Gasteiger partial charge in [0.1, 0.15) is 0 Å². The fourth-order valence-electron chi connectivity index (χ4n) is 0.770. The highest BCUT2D eigenvalue weighted by Gasteiger charge is 2.01. The molecule has 74 valence electrons. The summed E-state index contributed by atoms with van der Waals surface area (Å²) in [5.74, 6) is 0.669. The lowest BCUT2D eigenvalue weighted by Crippen LogP contribution is -2.11. The van der Waals surface area contributed by atoms with Gasteiger partial charge in [-0.3, -0.25) is 0 Å². The molecule has 12 heavy (non-hydrogen) atoms. The lowest BCUT2D eigenvalue weighted by atomic mass is 10.0. The predicted octanol–water partition coefficient (Wildman–Crippen LogP) is 4.27. The van der Waals surface area contributed by atoms with Crippen LogP contribution in [0.4, 0.5) is 0 Å². The van der Waals surface area contributed by atoms with Gasteiger partial charge in [0, 0.05) is 57.0 Å². The molecule has 0 amide bonds. The van der Waals surface area contributed by atoms with Gasteiger partial charge in [0.2, 0.25) is 0 Å². The van der Waals surface area contributed by atoms with Crippen LogP contribution >= 0.6 is 37.2 Å². The molecule has 0 aliphatic heterocycles. The van der Waals surface area contributed by atoms with Gasteiger partial charge in [-0.15, -0.1) is 0 Å². The van der Waals surface area contributed by atoms with Crippen LogP contribution in [0.3, 0.4) is 0 Å². The highest BCUT2D eigenvalue weighted by molar-refractivity contribution is 15.0. The van der Waals surface area contributed by atoms with Crippen LogP contribution in [0, 0.1) is 5.92 Å². The summed E-state index contributed by atoms with van der Waals surface area (Å²) in [5.41, 5.74) is 2.86. The van der Waals surface area contributed by atoms with Gasteiger partial charge in [0.25, 0.3) is 0 Å². The van der Waals surface area contributed by atoms with Crippen LogP contribution in [0.5, 0.6) is 0 Å². The summed E-state index contributed by atoms with van der Waals surface area (Å²) >= 11 is 4.24. The fraction of sp³-hybridized carbons (Fsp3) is 0.778. The maximum atomic E-state index is 2.22. The molecular formula is C9H19I2N. The Balaban J connectivity index is 0. The van der Waals surface area contributed by atoms with E-state index in [1.165, 1.54) is 11.3 Å². The van der Waals surface area contributed by atoms with Gasteiger partial charge in [-0.1, -0.05) is 19.4 Å². The van der Waals surface area contributed by atoms with Crippen molar-refractivity contribution in [1.29, 1.82) is 0 Å². The topological polar surface area (TPSA) is 3.24 Å². The molecule has 0 atom stereocenters. The standard InChI is InChI=1S/C9H19N.I2/c1-7(2)8(3)9(4)10(5)6;1-2/h7H,1-6H3;/b9-8+;. The Morgan fingerprint density at radius 2 is 1.42 bits per heavy atom. The second-order valence-electron chi connectivity index (χ2n) is 3.32. The Labute approximate surface area is 100 Å². The van der Waals surface area contributed by atoms with Crippen molar-refractivity contribution in [3.8, 4) is 0 Å². The summed E-state index contributed by atoms with van der Waals surface area (Å²) in [6, 6.07) is 0. The van der Waals surface area contributed by atoms with E-state index in [0.717, 1.165) is 0 Å². The van der Waals surface area contributed by atoms with Crippen molar-refractivity contribution < 1.29 is 0 Å². The SMILES string of the molecule is C/C(=C(/C)N(C)C)C(C)C.II. The summed E-state index contributed by atoms with van der Waals surface area (Å²) in [7, 11) is 4.17. The van der Waals surface area contributed by atoms with Crippen LogP contribution in [-0.4, -0.2) is 19.0 Å². The Morgan fingerprint density at radius 1 is 1.08 bits per heavy atom. The monoisotopic (exact) mass is 395 g/mol. The smallest absolute Gasteiger partial charge is 0.00875 e. The summed E-state index contributed by atoms with van der Waals surface area (Å²) < 4.78 is 0. The molecule has 0 rings (SSSR count). The molecule has 0 saturated heterocycles. The number of nitrogens with zero attached hydrogens (tertiary/aromatic N) is 1. The molecular weight excluding hydrogens is 376 g/mol. The third-order valence-electron chi connectivity index (χ3n) is 2.11. The fourth-order valence-corrected chi connectivity index (χ4v) is 0.770. The van der Waals surface area contributed by atoms with Gasteiger partial charge in [0.15, 0.2) is 0 Å². The van der Waals surface area contributed by atoms with Gasteiger partial charge >= 0.3 is 0 Å². The van der Waals surface area contributed by atoms with Gasteiger partial charge in [-0.05, 0) is 19.8 Å². The second-order valence-corrected chi connectivity index (χ2v) is 3.32. The third-order valence-corrected chi connectivity index (χ3v) is 2.11. The van der Waals surface area contributed by atoms with Crippen LogP contribution < -0.4 is 0 Å². The van der Waals surface area contributed by atoms with Crippen molar-refractivity contribution in [3.63, 3.8) is 0 Å². The minimum absolute atomic E-state index is 0.669. The second kappa shape index (κ2) is 8.59. The number of hydrogen-bond acceptors (Lipinski definition) is 1. The number of halogens is 2. The van der Waals surface area contributed by atoms with Crippen LogP contribution in [0.2, 0.25) is 0 Å². The van der Waals surface area contributed by atoms with Crippen molar-refractivity contribution in [1.82, 2.24) is 4.90 Å². The number of rotatable bonds is 2. The summed E-state index contributed by atoms with van der Waals surface area (Å²) in [5, 5.41) is 0. The van der Waals surface area contributed by atoms with Gasteiger partial charge in [0.05, 0.1) is 0 Å². The van der Waals surface area contributed by atoms with Crippen molar-refractivity contribution in [2.24, 2.45) is 5.92 Å². The van der Waals surface area contributed by atoms with Gasteiger partial charge in [-0.25, -0.2) is 0 Å². The van der Waals surface area contributed by atoms with E-state index in [1.807, 2.05) is 0 Å². The van der Waals surface area contributed by atoms with Crippen LogP contribution in [0.15, 0.2) is 11.3 Å². The van der Waals surface area contributed by atoms with Crippen molar-refractivity contribution in [2.45, 2.75) is 27.7 Å². The minimum Gasteiger partial charge on any atom is -0.381 e. The molecule has 0 fully saturated rings. The van der Waals surface area contributed by atoms with E-state index in [4.69, 9.17) is 0 Å². The quantitative estimate of drug-likeness (QED) is 0.632. The first-order chi connectivity index (χ1) is 5.46. The molecule has 3 heteroatoms. The van der Waals surface area contributed by atoms with Crippen molar-refractivity contribution in [3.05, 3.63) is 11.3 Å². The summed E-state index contributed by atoms with van der Waals surface area (Å²) in [4.78, 5) is 2.16. The van der Waals surface area contributed by atoms with E-state index in [0.29, 0.717) is 5.92 Å². The van der Waals surface area contributed by atoms with E-state index < -0.39 is 0 Å². The first-order valence-corrected chi connectivity index (χ1v) is 10.2. The minimum atomic E-state index is 0.669. The maximum absolute atomic E-state index is 2.22. The third kappa shape index (κ3) is 6.51. The lowest BCUT2D eigenvalue weighted by Gasteiger charge is -2.18. The number of hydrogen-bond donors (Lipinski definition) is 0. The highest BCUT2D eigenvalue weighted by atomic mass is 128. The van der Waals surface area contributed by atoms with E-state index in [-0.39, 0.29) is 0 Å². The average Bonchev–Trinajstić information content (AvgIpc) is 2.05. The molecule has 0 heterocycles. The highest BCUT2D eigenvalue weighted by Crippen LogP contribution is 2.14. The number of allylic oxidation sites excluding steroid dienone is 2. The lowest BCUT2D eigenvalue weighted by molar-refractivity contribution is 0.495. The average molecular weight is 395 g/mol. The zero-order valence-corrected chi connectivity index (χ0v) is 13.1. The molecule has 0 unspecified atom stereocenters. The molecule has 0 aromatic heterocycles. The Morgan fingerprint density at radius 3 is 1.50 bits per heavy atom. The molecule has 0 N–H and O–H groups in total. The van der Waals surface area contributed by atoms with Crippen LogP contribution in [-0.2, 0) is 0 Å². The van der Waals surface area contributed by atoms with Crippen LogP contribution in [0.1, 0.15) is 27.7 Å². The first kappa shape index (κ1) is 15.5. The zero-order chi connectivity index (χ0) is 10.3. The molecule has 0 spiro atoms. The van der Waals surface area contributed by atoms with Crippen LogP contribution in [0.25, 0.3) is 0 Å². The predicted molar refractivity (Wildman–Crippen MR) is 74.9 cm³/mol. The molecule has 0 aromatic rings. The molecule has 0 bridgehead atoms. The molecule has 0 aromatic carbocycles. The summed E-state index contributed by atoms with van der Waals surface area (Å²) in [6.07, 6.45) is 0. The Bertz CT molecular complexity index is 123. The maximum Gasteiger partial charge on any atom is 0.00875 e. The zero-order valence-electron chi connectivity index (χ0n) is 8.78. The molecule has 0 saturated carbocycles. The van der Waals surface area contributed by atoms with Gasteiger partial charge < -0.3 is 4.90 Å². The molecule has 0 radical (unpaired) electrons. The molecule has 1 nitrogen and oxygen atoms in total. The summed E-state index contributed by atoms with van der Waals surface area (Å²) in [6.45, 7) is 8.81. The van der Waals surface area contributed by atoms with Crippen molar-refractivity contribution >= 4 is 37.2 Å².